The van der Waals surface area contributed by atoms with Crippen molar-refractivity contribution in [2.45, 2.75) is 19.9 Å². The number of nitrogens with zero attached hydrogens (tertiary/aromatic N) is 2. The van der Waals surface area contributed by atoms with Gasteiger partial charge in [0.05, 0.1) is 10.8 Å². The van der Waals surface area contributed by atoms with Gasteiger partial charge in [-0.3, -0.25) is 14.9 Å². The van der Waals surface area contributed by atoms with Crippen molar-refractivity contribution in [3.8, 4) is 0 Å². The minimum Gasteiger partial charge on any atom is -0.481 e. The second kappa shape index (κ2) is 5.74. The summed E-state index contributed by atoms with van der Waals surface area (Å²) in [5, 5.41) is 23.7. The van der Waals surface area contributed by atoms with Crippen LogP contribution in [0, 0.1) is 16.0 Å². The maximum Gasteiger partial charge on any atom is 0.308 e. The van der Waals surface area contributed by atoms with Crippen LogP contribution >= 0.6 is 0 Å². The number of hydrogen-bond acceptors (Lipinski definition) is 5. The van der Waals surface area contributed by atoms with E-state index < -0.39 is 16.8 Å². The van der Waals surface area contributed by atoms with Crippen molar-refractivity contribution in [1.29, 1.82) is 0 Å². The summed E-state index contributed by atoms with van der Waals surface area (Å²) in [6.07, 6.45) is 1.49. The number of non-ortho nitro benzene ring substituents is 1. The first kappa shape index (κ1) is 14.7. The van der Waals surface area contributed by atoms with Crippen LogP contribution in [0.1, 0.15) is 13.8 Å². The molecule has 1 heterocycles. The number of nitro benzene ring substituents is 1. The molecule has 1 aromatic carbocycles. The van der Waals surface area contributed by atoms with Crippen molar-refractivity contribution in [3.63, 3.8) is 0 Å². The van der Waals surface area contributed by atoms with Crippen LogP contribution in [-0.2, 0) is 4.79 Å². The summed E-state index contributed by atoms with van der Waals surface area (Å²) in [4.78, 5) is 25.6. The number of carboxylic acids is 1. The van der Waals surface area contributed by atoms with E-state index in [2.05, 4.69) is 10.3 Å². The van der Waals surface area contributed by atoms with E-state index in [-0.39, 0.29) is 17.2 Å². The van der Waals surface area contributed by atoms with Gasteiger partial charge in [-0.2, -0.15) is 0 Å². The van der Waals surface area contributed by atoms with Crippen LogP contribution in [0.5, 0.6) is 0 Å². The van der Waals surface area contributed by atoms with Gasteiger partial charge < -0.3 is 10.4 Å². The van der Waals surface area contributed by atoms with Gasteiger partial charge in [-0.15, -0.1) is 0 Å². The molecule has 2 rings (SSSR count). The van der Waals surface area contributed by atoms with Gasteiger partial charge in [0.15, 0.2) is 0 Å². The van der Waals surface area contributed by atoms with Crippen molar-refractivity contribution >= 4 is 28.2 Å². The molecule has 0 radical (unpaired) electrons. The Morgan fingerprint density at radius 3 is 2.71 bits per heavy atom. The third kappa shape index (κ3) is 2.91. The van der Waals surface area contributed by atoms with Gasteiger partial charge >= 0.3 is 5.97 Å². The van der Waals surface area contributed by atoms with E-state index in [0.29, 0.717) is 11.1 Å². The third-order valence-electron chi connectivity index (χ3n) is 3.47. The summed E-state index contributed by atoms with van der Waals surface area (Å²) in [7, 11) is 0. The van der Waals surface area contributed by atoms with Crippen molar-refractivity contribution in [2.24, 2.45) is 5.92 Å². The van der Waals surface area contributed by atoms with E-state index in [9.17, 15) is 14.9 Å². The highest BCUT2D eigenvalue weighted by molar-refractivity contribution is 5.97. The molecule has 2 atom stereocenters. The lowest BCUT2D eigenvalue weighted by atomic mass is 10.0. The highest BCUT2D eigenvalue weighted by atomic mass is 16.6. The fourth-order valence-electron chi connectivity index (χ4n) is 2.02. The quantitative estimate of drug-likeness (QED) is 0.647. The molecule has 0 fully saturated rings. The van der Waals surface area contributed by atoms with E-state index in [1.807, 2.05) is 0 Å². The van der Waals surface area contributed by atoms with Crippen LogP contribution in [0.3, 0.4) is 0 Å². The number of pyridine rings is 1. The fraction of sp³-hybridized carbons (Fsp3) is 0.286. The summed E-state index contributed by atoms with van der Waals surface area (Å²) < 4.78 is 0. The molecule has 7 nitrogen and oxygen atoms in total. The van der Waals surface area contributed by atoms with Gasteiger partial charge in [-0.25, -0.2) is 4.98 Å². The Labute approximate surface area is 120 Å². The molecule has 2 N–H and O–H groups in total. The number of aromatic nitrogens is 1. The second-order valence-corrected chi connectivity index (χ2v) is 4.85. The first-order valence-corrected chi connectivity index (χ1v) is 6.43. The molecule has 1 aromatic heterocycles. The van der Waals surface area contributed by atoms with Crippen LogP contribution in [0.15, 0.2) is 30.5 Å². The molecule has 0 saturated heterocycles. The van der Waals surface area contributed by atoms with Crippen molar-refractivity contribution in [2.75, 3.05) is 5.32 Å². The number of nitrogens with one attached hydrogen (secondary N) is 1. The standard InChI is InChI=1S/C14H15N3O4/c1-8(14(18)19)9(2)16-11-5-6-12(17(20)21)13-10(11)4-3-7-15-13/h3-9,16H,1-2H3,(H,18,19). The molecule has 0 saturated carbocycles. The summed E-state index contributed by atoms with van der Waals surface area (Å²) in [5.41, 5.74) is 0.835. The molecule has 0 bridgehead atoms. The van der Waals surface area contributed by atoms with Gasteiger partial charge in [0.2, 0.25) is 0 Å². The second-order valence-electron chi connectivity index (χ2n) is 4.85. The molecule has 0 spiro atoms. The van der Waals surface area contributed by atoms with E-state index in [4.69, 9.17) is 5.11 Å². The fourth-order valence-corrected chi connectivity index (χ4v) is 2.02. The predicted molar refractivity (Wildman–Crippen MR) is 78.3 cm³/mol. The zero-order valence-corrected chi connectivity index (χ0v) is 11.6. The number of carbonyl (C=O) groups is 1. The normalized spacial score (nSPS) is 13.6. The molecule has 110 valence electrons. The maximum absolute atomic E-state index is 11.0. The number of nitro groups is 1. The van der Waals surface area contributed by atoms with Gasteiger partial charge in [0, 0.05) is 29.4 Å². The highest BCUT2D eigenvalue weighted by Gasteiger charge is 2.21. The Bertz CT molecular complexity index is 702. The Balaban J connectivity index is 2.44. The lowest BCUT2D eigenvalue weighted by Crippen LogP contribution is -2.29. The number of fused-ring (bicyclic) bond motifs is 1. The minimum atomic E-state index is -0.903. The average molecular weight is 289 g/mol. The summed E-state index contributed by atoms with van der Waals surface area (Å²) >= 11 is 0. The molecule has 0 aliphatic rings. The van der Waals surface area contributed by atoms with Crippen molar-refractivity contribution in [3.05, 3.63) is 40.6 Å². The Morgan fingerprint density at radius 2 is 2.10 bits per heavy atom. The van der Waals surface area contributed by atoms with E-state index in [1.165, 1.54) is 12.3 Å². The van der Waals surface area contributed by atoms with Gasteiger partial charge in [-0.05, 0) is 32.0 Å². The first-order chi connectivity index (χ1) is 9.91. The number of benzene rings is 1. The van der Waals surface area contributed by atoms with Gasteiger partial charge in [0.1, 0.15) is 5.52 Å². The Morgan fingerprint density at radius 1 is 1.38 bits per heavy atom. The SMILES string of the molecule is CC(Nc1ccc([N+](=O)[O-])c2ncccc12)C(C)C(=O)O. The summed E-state index contributed by atoms with van der Waals surface area (Å²) in [5.74, 6) is -1.49. The number of carboxylic acid groups (broad SMARTS) is 1. The Hall–Kier alpha value is -2.70. The lowest BCUT2D eigenvalue weighted by Gasteiger charge is -2.20. The van der Waals surface area contributed by atoms with E-state index in [0.717, 1.165) is 0 Å². The van der Waals surface area contributed by atoms with Crippen molar-refractivity contribution < 1.29 is 14.8 Å². The minimum absolute atomic E-state index is 0.0740. The zero-order valence-electron chi connectivity index (χ0n) is 11.6. The van der Waals surface area contributed by atoms with Crippen LogP contribution in [0.25, 0.3) is 10.9 Å². The number of hydrogen-bond donors (Lipinski definition) is 2. The van der Waals surface area contributed by atoms with Gasteiger partial charge in [0.25, 0.3) is 5.69 Å². The van der Waals surface area contributed by atoms with Crippen LogP contribution in [0.4, 0.5) is 11.4 Å². The molecule has 7 heteroatoms. The highest BCUT2D eigenvalue weighted by Crippen LogP contribution is 2.30. The van der Waals surface area contributed by atoms with E-state index >= 15 is 0 Å². The molecule has 0 amide bonds. The average Bonchev–Trinajstić information content (AvgIpc) is 2.46. The molecule has 0 aliphatic heterocycles. The topological polar surface area (TPSA) is 105 Å². The molecular formula is C14H15N3O4. The van der Waals surface area contributed by atoms with Crippen molar-refractivity contribution in [1.82, 2.24) is 4.98 Å². The van der Waals surface area contributed by atoms with Gasteiger partial charge in [-0.1, -0.05) is 0 Å². The first-order valence-electron chi connectivity index (χ1n) is 6.43. The molecule has 21 heavy (non-hydrogen) atoms. The number of aliphatic carboxylic acids is 1. The van der Waals surface area contributed by atoms with Crippen LogP contribution in [-0.4, -0.2) is 27.0 Å². The molecule has 2 aromatic rings. The van der Waals surface area contributed by atoms with Crippen LogP contribution < -0.4 is 5.32 Å². The zero-order chi connectivity index (χ0) is 15.6. The number of rotatable bonds is 5. The third-order valence-corrected chi connectivity index (χ3v) is 3.47. The monoisotopic (exact) mass is 289 g/mol. The summed E-state index contributed by atoms with van der Waals surface area (Å²) in [6.45, 7) is 3.36. The Kier molecular flexibility index (Phi) is 4.02. The predicted octanol–water partition coefficient (Wildman–Crippen LogP) is 2.66. The van der Waals surface area contributed by atoms with Crippen LogP contribution in [0.2, 0.25) is 0 Å². The smallest absolute Gasteiger partial charge is 0.308 e. The summed E-state index contributed by atoms with van der Waals surface area (Å²) in [6, 6.07) is 6.02. The molecule has 0 aliphatic carbocycles. The largest absolute Gasteiger partial charge is 0.481 e. The maximum atomic E-state index is 11.0. The molecular weight excluding hydrogens is 274 g/mol. The molecule has 2 unspecified atom stereocenters. The lowest BCUT2D eigenvalue weighted by molar-refractivity contribution is -0.383. The van der Waals surface area contributed by atoms with E-state index in [1.54, 1.807) is 32.0 Å². The number of anilines is 1.